The Bertz CT molecular complexity index is 5280. The molecule has 3 aromatic carbocycles. The van der Waals surface area contributed by atoms with E-state index < -0.39 is 210 Å². The van der Waals surface area contributed by atoms with Crippen molar-refractivity contribution in [3.63, 3.8) is 0 Å². The summed E-state index contributed by atoms with van der Waals surface area (Å²) in [6.07, 6.45) is 14.7. The quantitative estimate of drug-likeness (QED) is 0.0233. The van der Waals surface area contributed by atoms with E-state index in [1.165, 1.54) is 71.6 Å². The van der Waals surface area contributed by atoms with Gasteiger partial charge in [-0.2, -0.15) is 0 Å². The summed E-state index contributed by atoms with van der Waals surface area (Å²) in [5.41, 5.74) is 20.7. The zero-order valence-corrected chi connectivity index (χ0v) is 87.7. The normalized spacial score (nSPS) is 23.3. The van der Waals surface area contributed by atoms with Crippen molar-refractivity contribution in [2.24, 2.45) is 29.0 Å². The first-order valence-corrected chi connectivity index (χ1v) is 53.3. The number of carboxylic acids is 2. The van der Waals surface area contributed by atoms with Crippen LogP contribution in [0.25, 0.3) is 21.8 Å². The van der Waals surface area contributed by atoms with Crippen LogP contribution in [-0.4, -0.2) is 306 Å². The lowest BCUT2D eigenvalue weighted by atomic mass is 9.99. The Morgan fingerprint density at radius 3 is 1.52 bits per heavy atom. The second-order valence-electron chi connectivity index (χ2n) is 39.9. The number of aliphatic carboxylic acids is 2. The van der Waals surface area contributed by atoms with Crippen molar-refractivity contribution < 1.29 is 102 Å². The van der Waals surface area contributed by atoms with Crippen LogP contribution in [0.1, 0.15) is 245 Å². The van der Waals surface area contributed by atoms with Gasteiger partial charge in [0, 0.05) is 106 Å². The van der Waals surface area contributed by atoms with Gasteiger partial charge in [0.1, 0.15) is 96.9 Å². The highest BCUT2D eigenvalue weighted by atomic mass is 32.2. The number of phenolic OH excluding ortho intramolecular Hbond substituents is 1. The molecule has 3 saturated heterocycles. The van der Waals surface area contributed by atoms with Crippen LogP contribution in [-0.2, 0) is 112 Å². The lowest BCUT2D eigenvalue weighted by molar-refractivity contribution is -0.149. The maximum atomic E-state index is 16.1. The Hall–Kier alpha value is -12.7. The minimum atomic E-state index is -1.73. The van der Waals surface area contributed by atoms with Crippen molar-refractivity contribution in [2.75, 3.05) is 65.4 Å². The number of likely N-dealkylation sites (N-methyl/N-ethyl adjacent to an activating group) is 3. The fraction of sp³-hybridized carbons (Fsp3) is 0.619. The maximum Gasteiger partial charge on any atom is 0.323 e. The van der Waals surface area contributed by atoms with Crippen molar-refractivity contribution in [3.05, 3.63) is 102 Å². The monoisotopic (exact) mass is 2070 g/mol. The molecule has 3 aliphatic rings. The predicted molar refractivity (Wildman–Crippen MR) is 556 cm³/mol. The number of primary amides is 1. The van der Waals surface area contributed by atoms with Crippen molar-refractivity contribution >= 4 is 140 Å². The molecule has 810 valence electrons. The van der Waals surface area contributed by atoms with Gasteiger partial charge in [-0.3, -0.25) is 86.3 Å². The predicted octanol–water partition coefficient (Wildman–Crippen LogP) is 4.85. The fourth-order valence-corrected chi connectivity index (χ4v) is 20.1. The summed E-state index contributed by atoms with van der Waals surface area (Å²) in [6, 6.07) is -0.397. The molecule has 16 amide bonds. The molecule has 1 unspecified atom stereocenters. The minimum absolute atomic E-state index is 0.00220. The Morgan fingerprint density at radius 1 is 0.469 bits per heavy atom. The van der Waals surface area contributed by atoms with E-state index in [0.717, 1.165) is 85.8 Å². The number of aromatic nitrogens is 2. The summed E-state index contributed by atoms with van der Waals surface area (Å²) >= 11 is 0.917. The van der Waals surface area contributed by atoms with Crippen molar-refractivity contribution in [2.45, 2.75) is 339 Å². The number of aromatic hydroxyl groups is 1. The average molecular weight is 2070 g/mol. The molecular formula is C105H158N20O21S. The Balaban J connectivity index is 1.18. The second-order valence-corrected chi connectivity index (χ2v) is 41.0. The molecular weight excluding hydrogens is 1910 g/mol. The number of aromatic amines is 1. The molecule has 0 saturated carbocycles. The number of nitrogens with two attached hydrogens (primary N) is 3. The van der Waals surface area contributed by atoms with Crippen molar-refractivity contribution in [3.8, 4) is 5.75 Å². The summed E-state index contributed by atoms with van der Waals surface area (Å²) < 4.78 is 1.47. The lowest BCUT2D eigenvalue weighted by Crippen LogP contribution is -2.61. The standard InChI is InChI=1S/C105H158N20O21S/c1-11-13-36-84-98(139)114-76(53-64(3)4)96(137)119-82(93(134)109-50-30-24-22-20-18-16-15-17-19-21-23-25-41-90(129)130)62-147-63-89(128)111-79(55-67-42-44-70(126)45-43-67)101(142)120(8)66(7)92(133)116-81(58-88(108)127)104(145)125-52-31-39-85(125)99(140)113-75(47-49-107)95(136)117-78(54-65(5)6)103(144)124-51-32-40-86(124)100(141)115-77(56-68-59-110-73-35-28-26-33-71(68)73)97(138)112-74(46-48-106)94(135)118-80(102(143)122(10)87(37-14-12-2)105(146)121(84)9)57-69-60-123(61-91(131)132)83-38-29-27-34-72(69)83/h26-29,33-35,38,42-45,59-60,64-66,74-82,84-87,110,126H,11-25,30-32,36-37,39-41,46-58,61-63,106-107H2,1-10H3,(H2,108,127)(H,109,134)(H,111,128)(H,112,138)(H,113,140)(H,114,139)(H,115,141)(H,116,133)(H,117,136)(H,118,135)(H,119,137)(H,129,130)(H,131,132)/t66-,74-,75-,76-,77-,78-,79-,80-,81-,82-,84-,85?,86-,87-/m0/s1. The number of para-hydroxylation sites is 2. The molecule has 41 nitrogen and oxygen atoms in total. The number of carboxylic acid groups (broad SMARTS) is 2. The van der Waals surface area contributed by atoms with Crippen LogP contribution < -0.4 is 70.4 Å². The summed E-state index contributed by atoms with van der Waals surface area (Å²) in [5.74, 6) is -16.6. The first kappa shape index (κ1) is 119. The number of amides is 16. The number of fused-ring (bicyclic) bond motifs is 4. The Labute approximate surface area is 865 Å². The van der Waals surface area contributed by atoms with Gasteiger partial charge in [-0.15, -0.1) is 11.8 Å². The highest BCUT2D eigenvalue weighted by molar-refractivity contribution is 8.00. The molecule has 2 aromatic heterocycles. The first-order valence-electron chi connectivity index (χ1n) is 52.2. The second kappa shape index (κ2) is 60.5. The van der Waals surface area contributed by atoms with Crippen LogP contribution in [0, 0.1) is 11.8 Å². The van der Waals surface area contributed by atoms with E-state index in [0.29, 0.717) is 77.0 Å². The number of hydrogen-bond acceptors (Lipinski definition) is 22. The number of carbonyl (C=O) groups excluding carboxylic acids is 16. The van der Waals surface area contributed by atoms with Crippen molar-refractivity contribution in [1.29, 1.82) is 0 Å². The summed E-state index contributed by atoms with van der Waals surface area (Å²) in [4.78, 5) is 273. The van der Waals surface area contributed by atoms with Gasteiger partial charge in [-0.1, -0.05) is 180 Å². The van der Waals surface area contributed by atoms with Crippen LogP contribution in [0.3, 0.4) is 0 Å². The van der Waals surface area contributed by atoms with E-state index in [1.54, 1.807) is 68.7 Å². The highest BCUT2D eigenvalue weighted by Gasteiger charge is 2.46. The van der Waals surface area contributed by atoms with E-state index in [1.807, 2.05) is 33.8 Å². The first-order chi connectivity index (χ1) is 70.2. The van der Waals surface area contributed by atoms with Crippen molar-refractivity contribution in [1.82, 2.24) is 87.2 Å². The zero-order valence-electron chi connectivity index (χ0n) is 86.9. The average Bonchev–Trinajstić information content (AvgIpc) is 1.65. The number of phenols is 1. The van der Waals surface area contributed by atoms with E-state index in [4.69, 9.17) is 22.3 Å². The number of hydrogen-bond donors (Lipinski definition) is 17. The number of nitrogens with one attached hydrogen (secondary N) is 11. The number of thioether (sulfide) groups is 1. The molecule has 3 aliphatic heterocycles. The molecule has 0 spiro atoms. The highest BCUT2D eigenvalue weighted by Crippen LogP contribution is 2.30. The molecule has 5 heterocycles. The van der Waals surface area contributed by atoms with Gasteiger partial charge in [-0.05, 0) is 150 Å². The number of H-pyrrole nitrogens is 1. The smallest absolute Gasteiger partial charge is 0.323 e. The van der Waals surface area contributed by atoms with E-state index in [9.17, 15) is 53.4 Å². The molecule has 0 radical (unpaired) electrons. The van der Waals surface area contributed by atoms with Crippen LogP contribution in [0.5, 0.6) is 5.75 Å². The minimum Gasteiger partial charge on any atom is -0.508 e. The van der Waals surface area contributed by atoms with Gasteiger partial charge in [0.25, 0.3) is 0 Å². The summed E-state index contributed by atoms with van der Waals surface area (Å²) in [6.45, 7) is 11.5. The summed E-state index contributed by atoms with van der Waals surface area (Å²) in [7, 11) is 4.06. The SMILES string of the molecule is CCCC[C@H]1C(=O)N(C)[C@@H](CCCC)C(=O)N[C@@H](CC(C)C)C(=O)N[C@H](C(=O)NCCCCCCCCCCCCCCC(=O)O)CSCC(=O)N[C@@H](Cc2ccc(O)cc2)C(=O)N(C)[C@@H](C)C(=O)N[C@@H](CC(N)=O)C(=O)N2CCCC2C(=O)N[C@@H](CCN)C(=O)N[C@@H](CC(C)C)C(=O)N2CCC[C@H]2C(=O)N[C@@H](Cc2c[nH]c3ccccc23)C(=O)N[C@@H](CCN)C(=O)N[C@@H](Cc2cn(CC(=O)O)c3ccccc23)C(=O)N1C. The van der Waals surface area contributed by atoms with Gasteiger partial charge in [0.2, 0.25) is 94.5 Å². The Morgan fingerprint density at radius 2 is 0.946 bits per heavy atom. The number of benzene rings is 3. The van der Waals surface area contributed by atoms with Gasteiger partial charge in [-0.25, -0.2) is 0 Å². The molecule has 3 fully saturated rings. The topological polar surface area (TPSA) is 603 Å². The molecule has 8 rings (SSSR count). The van der Waals surface area contributed by atoms with Gasteiger partial charge in [0.05, 0.1) is 12.2 Å². The van der Waals surface area contributed by atoms with E-state index >= 15 is 43.2 Å². The zero-order chi connectivity index (χ0) is 108. The van der Waals surface area contributed by atoms with Gasteiger partial charge < -0.3 is 120 Å². The van der Waals surface area contributed by atoms with E-state index in [-0.39, 0.29) is 146 Å². The molecule has 0 aliphatic carbocycles. The number of carbonyl (C=O) groups is 18. The molecule has 147 heavy (non-hydrogen) atoms. The third kappa shape index (κ3) is 36.7. The molecule has 5 aromatic rings. The fourth-order valence-electron chi connectivity index (χ4n) is 19.2. The molecule has 20 N–H and O–H groups in total. The molecule has 0 bridgehead atoms. The van der Waals surface area contributed by atoms with Crippen LogP contribution in [0.15, 0.2) is 85.2 Å². The number of nitrogens with zero attached hydrogens (tertiary/aromatic N) is 6. The maximum absolute atomic E-state index is 16.1. The third-order valence-corrected chi connectivity index (χ3v) is 28.5. The van der Waals surface area contributed by atoms with E-state index in [2.05, 4.69) is 58.2 Å². The van der Waals surface area contributed by atoms with Gasteiger partial charge in [0.15, 0.2) is 0 Å². The molecule has 14 atom stereocenters. The summed E-state index contributed by atoms with van der Waals surface area (Å²) in [5, 5.41) is 58.8. The number of rotatable bonds is 40. The van der Waals surface area contributed by atoms with Crippen LogP contribution >= 0.6 is 11.8 Å². The third-order valence-electron chi connectivity index (χ3n) is 27.4. The van der Waals surface area contributed by atoms with Crippen LogP contribution in [0.2, 0.25) is 0 Å². The lowest BCUT2D eigenvalue weighted by Gasteiger charge is -2.36. The number of unbranched alkanes of at least 4 members (excludes halogenated alkanes) is 13. The Kier molecular flexibility index (Phi) is 49.2. The molecule has 42 heteroatoms. The largest absolute Gasteiger partial charge is 0.508 e. The van der Waals surface area contributed by atoms with Crippen LogP contribution in [0.4, 0.5) is 0 Å². The van der Waals surface area contributed by atoms with Gasteiger partial charge >= 0.3 is 11.9 Å².